The van der Waals surface area contributed by atoms with Crippen molar-refractivity contribution in [1.82, 2.24) is 10.6 Å². The van der Waals surface area contributed by atoms with E-state index in [0.717, 1.165) is 19.4 Å². The molecule has 0 heterocycles. The third-order valence-electron chi connectivity index (χ3n) is 2.87. The molecule has 0 saturated carbocycles. The largest absolute Gasteiger partial charge is 0.409 e. The zero-order valence-electron chi connectivity index (χ0n) is 11.1. The molecule has 0 bridgehead atoms. The molecule has 17 heavy (non-hydrogen) atoms. The Labute approximate surface area is 103 Å². The van der Waals surface area contributed by atoms with Crippen LogP contribution in [0.4, 0.5) is 0 Å². The Hall–Kier alpha value is -1.30. The number of hydrogen-bond donors (Lipinski definition) is 4. The highest BCUT2D eigenvalue weighted by molar-refractivity contribution is 5.85. The van der Waals surface area contributed by atoms with Crippen LogP contribution in [0.2, 0.25) is 0 Å². The Kier molecular flexibility index (Phi) is 6.57. The lowest BCUT2D eigenvalue weighted by Crippen LogP contribution is -2.41. The zero-order valence-corrected chi connectivity index (χ0v) is 11.1. The normalized spacial score (nSPS) is 14.5. The van der Waals surface area contributed by atoms with Gasteiger partial charge in [0.15, 0.2) is 0 Å². The Balaban J connectivity index is 3.89. The van der Waals surface area contributed by atoms with Gasteiger partial charge in [0.1, 0.15) is 5.84 Å². The van der Waals surface area contributed by atoms with E-state index in [-0.39, 0.29) is 23.2 Å². The smallest absolute Gasteiger partial charge is 0.236 e. The van der Waals surface area contributed by atoms with Gasteiger partial charge in [-0.3, -0.25) is 4.79 Å². The number of nitrogens with one attached hydrogen (secondary N) is 2. The summed E-state index contributed by atoms with van der Waals surface area (Å²) >= 11 is 0. The van der Waals surface area contributed by atoms with Crippen LogP contribution in [0.5, 0.6) is 0 Å². The molecule has 0 aliphatic carbocycles. The van der Waals surface area contributed by atoms with Gasteiger partial charge >= 0.3 is 0 Å². The maximum absolute atomic E-state index is 11.2. The van der Waals surface area contributed by atoms with Crippen LogP contribution in [0.25, 0.3) is 0 Å². The van der Waals surface area contributed by atoms with E-state index in [0.29, 0.717) is 0 Å². The summed E-state index contributed by atoms with van der Waals surface area (Å²) in [5, 5.41) is 17.3. The van der Waals surface area contributed by atoms with Crippen molar-refractivity contribution in [2.24, 2.45) is 16.3 Å². The van der Waals surface area contributed by atoms with Crippen LogP contribution in [0.1, 0.15) is 33.6 Å². The predicted molar refractivity (Wildman–Crippen MR) is 68.0 cm³/mol. The summed E-state index contributed by atoms with van der Waals surface area (Å²) in [6.45, 7) is 6.37. The topological polar surface area (TPSA) is 99.7 Å². The Bertz CT molecular complexity index is 277. The van der Waals surface area contributed by atoms with Gasteiger partial charge in [0.05, 0.1) is 6.04 Å². The average Bonchev–Trinajstić information content (AvgIpc) is 2.31. The third kappa shape index (κ3) is 5.53. The average molecular weight is 244 g/mol. The van der Waals surface area contributed by atoms with Gasteiger partial charge in [-0.2, -0.15) is 0 Å². The highest BCUT2D eigenvalue weighted by atomic mass is 16.4. The number of carbonyl (C=O) groups is 1. The molecule has 0 radical (unpaired) electrons. The molecule has 0 fully saturated rings. The third-order valence-corrected chi connectivity index (χ3v) is 2.87. The molecule has 6 nitrogen and oxygen atoms in total. The molecular formula is C11H24N4O2. The molecule has 0 aromatic carbocycles. The molecule has 0 saturated heterocycles. The van der Waals surface area contributed by atoms with Gasteiger partial charge in [-0.1, -0.05) is 19.0 Å². The van der Waals surface area contributed by atoms with Crippen LogP contribution in [-0.4, -0.2) is 36.6 Å². The first-order valence-corrected chi connectivity index (χ1v) is 5.78. The molecule has 6 heteroatoms. The van der Waals surface area contributed by atoms with Crippen molar-refractivity contribution in [3.63, 3.8) is 0 Å². The van der Waals surface area contributed by atoms with Gasteiger partial charge in [0.25, 0.3) is 0 Å². The molecule has 0 spiro atoms. The first-order valence-electron chi connectivity index (χ1n) is 5.78. The fraction of sp³-hybridized carbons (Fsp3) is 0.818. The fourth-order valence-electron chi connectivity index (χ4n) is 1.42. The van der Waals surface area contributed by atoms with E-state index in [1.807, 2.05) is 20.8 Å². The van der Waals surface area contributed by atoms with Gasteiger partial charge in [0.2, 0.25) is 5.91 Å². The second kappa shape index (κ2) is 7.11. The van der Waals surface area contributed by atoms with E-state index in [1.165, 1.54) is 0 Å². The summed E-state index contributed by atoms with van der Waals surface area (Å²) in [5.41, 5.74) is 5.25. The molecule has 0 aromatic heterocycles. The number of likely N-dealkylation sites (N-methyl/N-ethyl adjacent to an activating group) is 1. The van der Waals surface area contributed by atoms with Gasteiger partial charge in [0, 0.05) is 12.5 Å². The first-order chi connectivity index (χ1) is 7.85. The summed E-state index contributed by atoms with van der Waals surface area (Å²) in [5.74, 6) is 0.206. The maximum atomic E-state index is 11.2. The molecule has 1 unspecified atom stereocenters. The van der Waals surface area contributed by atoms with Crippen molar-refractivity contribution >= 4 is 11.7 Å². The number of nitrogens with zero attached hydrogens (tertiary/aromatic N) is 1. The zero-order chi connectivity index (χ0) is 13.5. The summed E-state index contributed by atoms with van der Waals surface area (Å²) < 4.78 is 0. The van der Waals surface area contributed by atoms with E-state index in [9.17, 15) is 4.79 Å². The second-order valence-electron chi connectivity index (χ2n) is 4.76. The highest BCUT2D eigenvalue weighted by Crippen LogP contribution is 2.21. The molecule has 0 aliphatic rings. The number of amidine groups is 1. The summed E-state index contributed by atoms with van der Waals surface area (Å²) in [6, 6.07) is -0.202. The van der Waals surface area contributed by atoms with Crippen molar-refractivity contribution in [1.29, 1.82) is 0 Å². The standard InChI is InChI=1S/C11H24N4O2/c1-8(9(16)13-4)14-7-5-6-11(2,3)10(12)15-17/h8,14,17H,5-7H2,1-4H3,(H2,12,15)(H,13,16). The number of hydrogen-bond acceptors (Lipinski definition) is 4. The molecular weight excluding hydrogens is 220 g/mol. The molecule has 0 aromatic rings. The molecule has 0 rings (SSSR count). The van der Waals surface area contributed by atoms with Crippen LogP contribution >= 0.6 is 0 Å². The Morgan fingerprint density at radius 2 is 2.12 bits per heavy atom. The van der Waals surface area contributed by atoms with Crippen molar-refractivity contribution < 1.29 is 10.0 Å². The van der Waals surface area contributed by atoms with E-state index < -0.39 is 0 Å². The summed E-state index contributed by atoms with van der Waals surface area (Å²) in [7, 11) is 1.61. The van der Waals surface area contributed by atoms with Gasteiger partial charge in [-0.05, 0) is 26.3 Å². The van der Waals surface area contributed by atoms with Crippen LogP contribution < -0.4 is 16.4 Å². The van der Waals surface area contributed by atoms with E-state index in [2.05, 4.69) is 15.8 Å². The number of rotatable bonds is 7. The van der Waals surface area contributed by atoms with E-state index in [1.54, 1.807) is 7.05 Å². The second-order valence-corrected chi connectivity index (χ2v) is 4.76. The molecule has 1 amide bonds. The summed E-state index contributed by atoms with van der Waals surface area (Å²) in [4.78, 5) is 11.2. The lowest BCUT2D eigenvalue weighted by Gasteiger charge is -2.23. The van der Waals surface area contributed by atoms with Crippen molar-refractivity contribution in [3.8, 4) is 0 Å². The monoisotopic (exact) mass is 244 g/mol. The predicted octanol–water partition coefficient (Wildman–Crippen LogP) is 0.263. The Morgan fingerprint density at radius 1 is 1.53 bits per heavy atom. The molecule has 100 valence electrons. The van der Waals surface area contributed by atoms with Crippen molar-refractivity contribution in [2.75, 3.05) is 13.6 Å². The lowest BCUT2D eigenvalue weighted by atomic mass is 9.86. The SMILES string of the molecule is CNC(=O)C(C)NCCCC(C)(C)C(N)=NO. The van der Waals surface area contributed by atoms with E-state index in [4.69, 9.17) is 10.9 Å². The van der Waals surface area contributed by atoms with Crippen molar-refractivity contribution in [2.45, 2.75) is 39.7 Å². The van der Waals surface area contributed by atoms with E-state index >= 15 is 0 Å². The number of nitrogens with two attached hydrogens (primary N) is 1. The maximum Gasteiger partial charge on any atom is 0.236 e. The number of carbonyl (C=O) groups excluding carboxylic acids is 1. The van der Waals surface area contributed by atoms with Gasteiger partial charge < -0.3 is 21.6 Å². The van der Waals surface area contributed by atoms with Crippen molar-refractivity contribution in [3.05, 3.63) is 0 Å². The highest BCUT2D eigenvalue weighted by Gasteiger charge is 2.23. The van der Waals surface area contributed by atoms with Crippen LogP contribution in [0, 0.1) is 5.41 Å². The van der Waals surface area contributed by atoms with Gasteiger partial charge in [-0.15, -0.1) is 0 Å². The molecule has 0 aliphatic heterocycles. The van der Waals surface area contributed by atoms with Gasteiger partial charge in [-0.25, -0.2) is 0 Å². The van der Waals surface area contributed by atoms with Crippen LogP contribution in [0.15, 0.2) is 5.16 Å². The minimum atomic E-state index is -0.327. The number of amides is 1. The van der Waals surface area contributed by atoms with Crippen LogP contribution in [0.3, 0.4) is 0 Å². The minimum Gasteiger partial charge on any atom is -0.409 e. The molecule has 1 atom stereocenters. The number of oxime groups is 1. The quantitative estimate of drug-likeness (QED) is 0.170. The van der Waals surface area contributed by atoms with Crippen LogP contribution in [-0.2, 0) is 4.79 Å². The summed E-state index contributed by atoms with van der Waals surface area (Å²) in [6.07, 6.45) is 1.64. The Morgan fingerprint density at radius 3 is 2.59 bits per heavy atom. The minimum absolute atomic E-state index is 0.0271. The molecule has 5 N–H and O–H groups in total. The first kappa shape index (κ1) is 15.7. The lowest BCUT2D eigenvalue weighted by molar-refractivity contribution is -0.122. The fourth-order valence-corrected chi connectivity index (χ4v) is 1.42.